The van der Waals surface area contributed by atoms with Gasteiger partial charge in [0.25, 0.3) is 5.91 Å². The molecule has 3 amide bonds. The van der Waals surface area contributed by atoms with Crippen molar-refractivity contribution in [3.05, 3.63) is 63.2 Å². The van der Waals surface area contributed by atoms with E-state index in [2.05, 4.69) is 32.0 Å². The summed E-state index contributed by atoms with van der Waals surface area (Å²) in [6, 6.07) is 12.3. The Kier molecular flexibility index (Phi) is 7.05. The number of aromatic nitrogens is 1. The molecule has 3 N–H and O–H groups in total. The van der Waals surface area contributed by atoms with Crippen LogP contribution < -0.4 is 16.1 Å². The Morgan fingerprint density at radius 3 is 2.48 bits per heavy atom. The van der Waals surface area contributed by atoms with Crippen LogP contribution in [0, 0.1) is 6.92 Å². The van der Waals surface area contributed by atoms with Gasteiger partial charge in [-0.1, -0.05) is 52.9 Å². The van der Waals surface area contributed by atoms with Gasteiger partial charge in [0.1, 0.15) is 5.69 Å². The Bertz CT molecular complexity index is 1230. The summed E-state index contributed by atoms with van der Waals surface area (Å²) in [5.41, 5.74) is 4.78. The molecule has 1 aliphatic carbocycles. The Labute approximate surface area is 205 Å². The molecule has 1 fully saturated rings. The molecule has 1 aromatic heterocycles. The van der Waals surface area contributed by atoms with Crippen LogP contribution in [-0.2, 0) is 9.59 Å². The van der Waals surface area contributed by atoms with Gasteiger partial charge in [-0.05, 0) is 61.7 Å². The molecule has 9 heteroatoms. The van der Waals surface area contributed by atoms with Gasteiger partial charge in [0.2, 0.25) is 0 Å². The van der Waals surface area contributed by atoms with Gasteiger partial charge in [-0.25, -0.2) is 4.68 Å². The first-order valence-electron chi connectivity index (χ1n) is 10.8. The molecule has 0 radical (unpaired) electrons. The van der Waals surface area contributed by atoms with E-state index in [1.807, 2.05) is 19.1 Å². The largest absolute Gasteiger partial charge is 0.345 e. The highest BCUT2D eigenvalue weighted by Crippen LogP contribution is 2.25. The van der Waals surface area contributed by atoms with Crippen molar-refractivity contribution in [2.45, 2.75) is 45.1 Å². The number of halogens is 2. The average molecular weight is 532 g/mol. The lowest BCUT2D eigenvalue weighted by molar-refractivity contribution is -0.137. The number of carbonyl (C=O) groups is 3. The topological polar surface area (TPSA) is 92.2 Å². The van der Waals surface area contributed by atoms with Crippen LogP contribution in [0.15, 0.2) is 46.9 Å². The summed E-state index contributed by atoms with van der Waals surface area (Å²) in [6.45, 7) is 1.87. The van der Waals surface area contributed by atoms with E-state index in [0.717, 1.165) is 47.5 Å². The quantitative estimate of drug-likeness (QED) is 0.407. The van der Waals surface area contributed by atoms with E-state index >= 15 is 0 Å². The van der Waals surface area contributed by atoms with Gasteiger partial charge in [0.05, 0.1) is 5.52 Å². The van der Waals surface area contributed by atoms with Crippen molar-refractivity contribution in [2.75, 3.05) is 10.7 Å². The van der Waals surface area contributed by atoms with E-state index in [9.17, 15) is 14.4 Å². The zero-order chi connectivity index (χ0) is 23.5. The summed E-state index contributed by atoms with van der Waals surface area (Å²) in [5.74, 6) is -1.99. The van der Waals surface area contributed by atoms with Crippen molar-refractivity contribution in [1.82, 2.24) is 9.99 Å². The smallest absolute Gasteiger partial charge is 0.328 e. The number of aryl methyl sites for hydroxylation is 1. The van der Waals surface area contributed by atoms with Crippen molar-refractivity contribution in [1.29, 1.82) is 0 Å². The molecule has 33 heavy (non-hydrogen) atoms. The predicted molar refractivity (Wildman–Crippen MR) is 133 cm³/mol. The molecule has 0 bridgehead atoms. The Hall–Kier alpha value is -2.84. The third kappa shape index (κ3) is 5.39. The number of hydrogen-bond acceptors (Lipinski definition) is 3. The first-order valence-corrected chi connectivity index (χ1v) is 12.0. The first-order chi connectivity index (χ1) is 15.8. The van der Waals surface area contributed by atoms with Crippen LogP contribution in [0.4, 0.5) is 5.69 Å². The van der Waals surface area contributed by atoms with Crippen molar-refractivity contribution in [3.8, 4) is 0 Å². The number of carbonyl (C=O) groups excluding carboxylic acids is 3. The normalized spacial score (nSPS) is 14.2. The van der Waals surface area contributed by atoms with Gasteiger partial charge < -0.3 is 10.6 Å². The molecule has 2 aromatic carbocycles. The summed E-state index contributed by atoms with van der Waals surface area (Å²) >= 11 is 9.60. The van der Waals surface area contributed by atoms with Crippen LogP contribution in [0.25, 0.3) is 10.9 Å². The Morgan fingerprint density at radius 2 is 1.76 bits per heavy atom. The molecule has 1 saturated carbocycles. The Morgan fingerprint density at radius 1 is 1.00 bits per heavy atom. The minimum Gasteiger partial charge on any atom is -0.345 e. The van der Waals surface area contributed by atoms with Crippen LogP contribution in [0.5, 0.6) is 0 Å². The van der Waals surface area contributed by atoms with Crippen LogP contribution in [0.3, 0.4) is 0 Å². The van der Waals surface area contributed by atoms with E-state index in [1.165, 1.54) is 4.68 Å². The highest BCUT2D eigenvalue weighted by molar-refractivity contribution is 9.10. The molecule has 0 spiro atoms. The maximum atomic E-state index is 13.1. The molecule has 172 valence electrons. The Balaban J connectivity index is 1.59. The van der Waals surface area contributed by atoms with E-state index < -0.39 is 17.7 Å². The van der Waals surface area contributed by atoms with Crippen LogP contribution in [0.1, 0.15) is 48.2 Å². The number of anilines is 1. The molecule has 7 nitrogen and oxygen atoms in total. The summed E-state index contributed by atoms with van der Waals surface area (Å²) < 4.78 is 2.17. The van der Waals surface area contributed by atoms with Gasteiger partial charge in [0.15, 0.2) is 0 Å². The van der Waals surface area contributed by atoms with E-state index in [1.54, 1.807) is 30.3 Å². The van der Waals surface area contributed by atoms with Gasteiger partial charge in [0, 0.05) is 26.6 Å². The zero-order valence-electron chi connectivity index (χ0n) is 18.1. The number of benzene rings is 2. The van der Waals surface area contributed by atoms with Crippen molar-refractivity contribution < 1.29 is 14.4 Å². The summed E-state index contributed by atoms with van der Waals surface area (Å²) in [7, 11) is 0. The van der Waals surface area contributed by atoms with E-state index in [0.29, 0.717) is 16.2 Å². The zero-order valence-corrected chi connectivity index (χ0v) is 20.4. The predicted octanol–water partition coefficient (Wildman–Crippen LogP) is 5.14. The fourth-order valence-electron chi connectivity index (χ4n) is 3.99. The van der Waals surface area contributed by atoms with Gasteiger partial charge in [-0.15, -0.1) is 0 Å². The minimum absolute atomic E-state index is 0.00316. The fraction of sp³-hybridized carbons (Fsp3) is 0.292. The summed E-state index contributed by atoms with van der Waals surface area (Å²) in [6.07, 6.45) is 4.96. The number of fused-ring (bicyclic) bond motifs is 1. The summed E-state index contributed by atoms with van der Waals surface area (Å²) in [4.78, 5) is 38.3. The van der Waals surface area contributed by atoms with Crippen molar-refractivity contribution in [2.24, 2.45) is 0 Å². The lowest BCUT2D eigenvalue weighted by Gasteiger charge is -2.22. The van der Waals surface area contributed by atoms with Crippen molar-refractivity contribution >= 4 is 61.8 Å². The molecule has 1 aliphatic rings. The van der Waals surface area contributed by atoms with E-state index in [4.69, 9.17) is 11.6 Å². The maximum absolute atomic E-state index is 13.1. The van der Waals surface area contributed by atoms with Crippen LogP contribution in [-0.4, -0.2) is 28.4 Å². The molecular weight excluding hydrogens is 508 g/mol. The highest BCUT2D eigenvalue weighted by atomic mass is 79.9. The number of rotatable bonds is 4. The highest BCUT2D eigenvalue weighted by Gasteiger charge is 2.23. The van der Waals surface area contributed by atoms with Crippen LogP contribution in [0.2, 0.25) is 5.02 Å². The molecule has 0 atom stereocenters. The standard InChI is InChI=1S/C24H24BrClN4O3/c1-14-7-9-18(13-19(14)26)28-22(31)21-12-15-11-16(25)8-10-20(15)30(21)29-24(33)23(32)27-17-5-3-2-4-6-17/h7-13,17H,2-6H2,1H3,(H,27,32)(H,28,31)(H,29,33). The van der Waals surface area contributed by atoms with Gasteiger partial charge in [-0.3, -0.25) is 19.8 Å². The summed E-state index contributed by atoms with van der Waals surface area (Å²) in [5, 5.41) is 6.86. The monoisotopic (exact) mass is 530 g/mol. The fourth-order valence-corrected chi connectivity index (χ4v) is 4.55. The maximum Gasteiger partial charge on any atom is 0.328 e. The molecule has 1 heterocycles. The molecule has 0 aliphatic heterocycles. The average Bonchev–Trinajstić information content (AvgIpc) is 3.14. The van der Waals surface area contributed by atoms with Gasteiger partial charge in [-0.2, -0.15) is 0 Å². The van der Waals surface area contributed by atoms with Crippen LogP contribution >= 0.6 is 27.5 Å². The van der Waals surface area contributed by atoms with Gasteiger partial charge >= 0.3 is 11.8 Å². The lowest BCUT2D eigenvalue weighted by atomic mass is 9.95. The second-order valence-corrected chi connectivity index (χ2v) is 9.56. The molecule has 4 rings (SSSR count). The first kappa shape index (κ1) is 23.3. The lowest BCUT2D eigenvalue weighted by Crippen LogP contribution is -2.44. The van der Waals surface area contributed by atoms with E-state index in [-0.39, 0.29) is 11.7 Å². The number of amides is 3. The molecule has 3 aromatic rings. The SMILES string of the molecule is Cc1ccc(NC(=O)c2cc3cc(Br)ccc3n2NC(=O)C(=O)NC2CCCCC2)cc1Cl. The third-order valence-electron chi connectivity index (χ3n) is 5.79. The second kappa shape index (κ2) is 9.97. The molecule has 0 unspecified atom stereocenters. The number of hydrogen-bond donors (Lipinski definition) is 3. The second-order valence-electron chi connectivity index (χ2n) is 8.24. The third-order valence-corrected chi connectivity index (χ3v) is 6.69. The molecule has 0 saturated heterocycles. The number of nitrogens with one attached hydrogen (secondary N) is 3. The minimum atomic E-state index is -0.826. The number of nitrogens with zero attached hydrogens (tertiary/aromatic N) is 1. The van der Waals surface area contributed by atoms with Crippen molar-refractivity contribution in [3.63, 3.8) is 0 Å². The molecular formula is C24H24BrClN4O3.